The van der Waals surface area contributed by atoms with Crippen LogP contribution in [0.3, 0.4) is 0 Å². The zero-order valence-electron chi connectivity index (χ0n) is 10.6. The number of methoxy groups -OCH3 is 1. The Morgan fingerprint density at radius 2 is 2.29 bits per heavy atom. The van der Waals surface area contributed by atoms with Gasteiger partial charge in [-0.3, -0.25) is 0 Å². The third-order valence-corrected chi connectivity index (χ3v) is 4.49. The molecule has 2 atom stereocenters. The third-order valence-electron chi connectivity index (χ3n) is 2.79. The van der Waals surface area contributed by atoms with Gasteiger partial charge in [-0.15, -0.1) is 0 Å². The van der Waals surface area contributed by atoms with Crippen LogP contribution in [0, 0.1) is 0 Å². The lowest BCUT2D eigenvalue weighted by molar-refractivity contribution is 0.127. The van der Waals surface area contributed by atoms with Gasteiger partial charge in [0.25, 0.3) is 0 Å². The van der Waals surface area contributed by atoms with E-state index in [0.29, 0.717) is 19.8 Å². The summed E-state index contributed by atoms with van der Waals surface area (Å²) < 4.78 is 33.8. The van der Waals surface area contributed by atoms with E-state index >= 15 is 0 Å². The van der Waals surface area contributed by atoms with Crippen molar-refractivity contribution in [2.24, 2.45) is 0 Å². The molecule has 0 amide bonds. The topological polar surface area (TPSA) is 64.6 Å². The number of rotatable bonds is 8. The molecule has 1 fully saturated rings. The first-order chi connectivity index (χ1) is 8.03. The molecule has 1 aliphatic heterocycles. The van der Waals surface area contributed by atoms with E-state index in [0.717, 1.165) is 12.8 Å². The van der Waals surface area contributed by atoms with Gasteiger partial charge in [-0.25, -0.2) is 8.42 Å². The largest absolute Gasteiger partial charge is 0.383 e. The predicted octanol–water partition coefficient (Wildman–Crippen LogP) is 0.205. The molecule has 0 aliphatic carbocycles. The first-order valence-electron chi connectivity index (χ1n) is 6.08. The number of hydrogen-bond donors (Lipinski definition) is 1. The van der Waals surface area contributed by atoms with Crippen molar-refractivity contribution in [3.8, 4) is 0 Å². The Morgan fingerprint density at radius 3 is 2.88 bits per heavy atom. The molecule has 0 spiro atoms. The smallest absolute Gasteiger partial charge is 0.154 e. The molecule has 0 bridgehead atoms. The van der Waals surface area contributed by atoms with E-state index in [4.69, 9.17) is 9.47 Å². The third kappa shape index (κ3) is 6.35. The number of ether oxygens (including phenoxy) is 2. The molecule has 0 radical (unpaired) electrons. The van der Waals surface area contributed by atoms with Crippen molar-refractivity contribution in [1.82, 2.24) is 5.32 Å². The molecule has 6 heteroatoms. The summed E-state index contributed by atoms with van der Waals surface area (Å²) in [5, 5.41) is 3.12. The molecule has 5 nitrogen and oxygen atoms in total. The van der Waals surface area contributed by atoms with Crippen LogP contribution in [0.1, 0.15) is 19.8 Å². The van der Waals surface area contributed by atoms with E-state index in [9.17, 15) is 8.42 Å². The molecule has 0 saturated carbocycles. The maximum Gasteiger partial charge on any atom is 0.154 e. The molecule has 1 rings (SSSR count). The van der Waals surface area contributed by atoms with Crippen LogP contribution >= 0.6 is 0 Å². The SMILES string of the molecule is COCC(C)NCCS(=O)(=O)CC1CCCO1. The summed E-state index contributed by atoms with van der Waals surface area (Å²) in [5.41, 5.74) is 0. The van der Waals surface area contributed by atoms with Crippen LogP contribution in [0.25, 0.3) is 0 Å². The lowest BCUT2D eigenvalue weighted by Gasteiger charge is -2.14. The van der Waals surface area contributed by atoms with Crippen molar-refractivity contribution >= 4 is 9.84 Å². The normalized spacial score (nSPS) is 22.8. The van der Waals surface area contributed by atoms with Gasteiger partial charge in [0.05, 0.1) is 24.2 Å². The molecular formula is C11H23NO4S. The quantitative estimate of drug-likeness (QED) is 0.679. The maximum atomic E-state index is 11.8. The van der Waals surface area contributed by atoms with Crippen LogP contribution in [0.2, 0.25) is 0 Å². The molecule has 17 heavy (non-hydrogen) atoms. The Bertz CT molecular complexity index is 299. The number of nitrogens with one attached hydrogen (secondary N) is 1. The van der Waals surface area contributed by atoms with Crippen molar-refractivity contribution in [3.63, 3.8) is 0 Å². The van der Waals surface area contributed by atoms with Gasteiger partial charge < -0.3 is 14.8 Å². The van der Waals surface area contributed by atoms with E-state index in [1.807, 2.05) is 6.92 Å². The molecule has 1 aliphatic rings. The molecule has 1 heterocycles. The van der Waals surface area contributed by atoms with Gasteiger partial charge in [-0.1, -0.05) is 0 Å². The fourth-order valence-corrected chi connectivity index (χ4v) is 3.34. The predicted molar refractivity (Wildman–Crippen MR) is 67.0 cm³/mol. The van der Waals surface area contributed by atoms with Crippen LogP contribution in [0.5, 0.6) is 0 Å². The fourth-order valence-electron chi connectivity index (χ4n) is 1.91. The van der Waals surface area contributed by atoms with E-state index in [-0.39, 0.29) is 23.7 Å². The summed E-state index contributed by atoms with van der Waals surface area (Å²) in [4.78, 5) is 0. The van der Waals surface area contributed by atoms with Crippen LogP contribution in [0.15, 0.2) is 0 Å². The summed E-state index contributed by atoms with van der Waals surface area (Å²) in [6.45, 7) is 3.73. The fraction of sp³-hybridized carbons (Fsp3) is 1.00. The summed E-state index contributed by atoms with van der Waals surface area (Å²) >= 11 is 0. The van der Waals surface area contributed by atoms with Gasteiger partial charge in [-0.2, -0.15) is 0 Å². The Labute approximate surface area is 104 Å². The van der Waals surface area contributed by atoms with Crippen molar-refractivity contribution in [1.29, 1.82) is 0 Å². The Kier molecular flexibility index (Phi) is 6.40. The zero-order valence-corrected chi connectivity index (χ0v) is 11.5. The minimum absolute atomic E-state index is 0.0867. The minimum Gasteiger partial charge on any atom is -0.383 e. The molecule has 0 aromatic rings. The van der Waals surface area contributed by atoms with Crippen molar-refractivity contribution in [2.75, 3.05) is 38.4 Å². The Balaban J connectivity index is 2.19. The van der Waals surface area contributed by atoms with Crippen LogP contribution in [-0.4, -0.2) is 58.9 Å². The average molecular weight is 265 g/mol. The highest BCUT2D eigenvalue weighted by Crippen LogP contribution is 2.14. The van der Waals surface area contributed by atoms with E-state index in [1.54, 1.807) is 7.11 Å². The summed E-state index contributed by atoms with van der Waals surface area (Å²) in [7, 11) is -1.37. The monoisotopic (exact) mass is 265 g/mol. The Morgan fingerprint density at radius 1 is 1.53 bits per heavy atom. The molecule has 102 valence electrons. The first-order valence-corrected chi connectivity index (χ1v) is 7.90. The van der Waals surface area contributed by atoms with Gasteiger partial charge in [-0.05, 0) is 19.8 Å². The van der Waals surface area contributed by atoms with Crippen LogP contribution < -0.4 is 5.32 Å². The van der Waals surface area contributed by atoms with Gasteiger partial charge in [0.15, 0.2) is 9.84 Å². The van der Waals surface area contributed by atoms with Gasteiger partial charge in [0, 0.05) is 26.3 Å². The second kappa shape index (κ2) is 7.31. The van der Waals surface area contributed by atoms with Crippen molar-refractivity contribution in [3.05, 3.63) is 0 Å². The second-order valence-corrected chi connectivity index (χ2v) is 6.79. The van der Waals surface area contributed by atoms with Crippen LogP contribution in [0.4, 0.5) is 0 Å². The highest BCUT2D eigenvalue weighted by Gasteiger charge is 2.23. The highest BCUT2D eigenvalue weighted by molar-refractivity contribution is 7.91. The number of hydrogen-bond acceptors (Lipinski definition) is 5. The molecule has 1 saturated heterocycles. The lowest BCUT2D eigenvalue weighted by atomic mass is 10.3. The summed E-state index contributed by atoms with van der Waals surface area (Å²) in [6.07, 6.45) is 1.76. The van der Waals surface area contributed by atoms with Gasteiger partial charge >= 0.3 is 0 Å². The zero-order chi connectivity index (χ0) is 12.7. The van der Waals surface area contributed by atoms with Crippen LogP contribution in [-0.2, 0) is 19.3 Å². The minimum atomic E-state index is -3.00. The standard InChI is InChI=1S/C11H23NO4S/c1-10(8-15-2)12-5-7-17(13,14)9-11-4-3-6-16-11/h10-12H,3-9H2,1-2H3. The van der Waals surface area contributed by atoms with Gasteiger partial charge in [0.1, 0.15) is 0 Å². The Hall–Kier alpha value is -0.170. The van der Waals surface area contributed by atoms with Crippen molar-refractivity contribution < 1.29 is 17.9 Å². The van der Waals surface area contributed by atoms with Gasteiger partial charge in [0.2, 0.25) is 0 Å². The van der Waals surface area contributed by atoms with E-state index in [2.05, 4.69) is 5.32 Å². The first kappa shape index (κ1) is 14.9. The molecule has 1 N–H and O–H groups in total. The van der Waals surface area contributed by atoms with E-state index < -0.39 is 9.84 Å². The molecule has 0 aromatic carbocycles. The molecule has 0 aromatic heterocycles. The summed E-state index contributed by atoms with van der Waals surface area (Å²) in [5.74, 6) is 0.328. The highest BCUT2D eigenvalue weighted by atomic mass is 32.2. The van der Waals surface area contributed by atoms with E-state index in [1.165, 1.54) is 0 Å². The molecular weight excluding hydrogens is 242 g/mol. The van der Waals surface area contributed by atoms with Crippen molar-refractivity contribution in [2.45, 2.75) is 31.9 Å². The molecule has 2 unspecified atom stereocenters. The lowest BCUT2D eigenvalue weighted by Crippen LogP contribution is -2.35. The second-order valence-electron chi connectivity index (χ2n) is 4.56. The summed E-state index contributed by atoms with van der Waals surface area (Å²) in [6, 6.07) is 0.179. The number of sulfone groups is 1. The average Bonchev–Trinajstić information content (AvgIpc) is 2.69. The maximum absolute atomic E-state index is 11.8.